The molecule has 36 heavy (non-hydrogen) atoms. The van der Waals surface area contributed by atoms with Crippen LogP contribution in [-0.4, -0.2) is 28.5 Å². The predicted molar refractivity (Wildman–Crippen MR) is 136 cm³/mol. The molecule has 8 nitrogen and oxygen atoms in total. The van der Waals surface area contributed by atoms with E-state index in [-0.39, 0.29) is 18.9 Å². The van der Waals surface area contributed by atoms with E-state index in [1.54, 1.807) is 36.4 Å². The number of halogens is 1. The second-order valence-electron chi connectivity index (χ2n) is 8.30. The highest BCUT2D eigenvalue weighted by Gasteiger charge is 2.22. The minimum Gasteiger partial charge on any atom is -0.495 e. The second kappa shape index (κ2) is 10.4. The third-order valence-electron chi connectivity index (χ3n) is 5.66. The highest BCUT2D eigenvalue weighted by molar-refractivity contribution is 5.94. The summed E-state index contributed by atoms with van der Waals surface area (Å²) in [5.74, 6) is -0.901. The first-order valence-electron chi connectivity index (χ1n) is 11.2. The standard InChI is InChI=1S/C27H25FN4O4/c1-17-8-13-24(36-3)22(14-17)29-25(34)16-32-23-7-5-4-6-21(23)30-26(27(32)35)31(18(2)33)15-19-9-11-20(28)12-10-19/h4-14H,15-16H2,1-3H3,(H,29,34). The number of aryl methyl sites for hydroxylation is 1. The Bertz CT molecular complexity index is 1500. The van der Waals surface area contributed by atoms with E-state index >= 15 is 0 Å². The third kappa shape index (κ3) is 5.25. The van der Waals surface area contributed by atoms with Gasteiger partial charge in [-0.3, -0.25) is 23.9 Å². The molecule has 2 amide bonds. The lowest BCUT2D eigenvalue weighted by Gasteiger charge is -2.21. The van der Waals surface area contributed by atoms with Crippen LogP contribution in [0, 0.1) is 12.7 Å². The Morgan fingerprint density at radius 1 is 1.08 bits per heavy atom. The molecule has 1 aromatic heterocycles. The van der Waals surface area contributed by atoms with Crippen molar-refractivity contribution in [2.75, 3.05) is 17.3 Å². The van der Waals surface area contributed by atoms with Crippen LogP contribution in [0.15, 0.2) is 71.5 Å². The Balaban J connectivity index is 1.74. The van der Waals surface area contributed by atoms with Crippen LogP contribution in [0.25, 0.3) is 11.0 Å². The Kier molecular flexibility index (Phi) is 7.10. The number of nitrogens with one attached hydrogen (secondary N) is 1. The van der Waals surface area contributed by atoms with Gasteiger partial charge < -0.3 is 10.1 Å². The Morgan fingerprint density at radius 3 is 2.50 bits per heavy atom. The maximum absolute atomic E-state index is 13.6. The number of nitrogens with zero attached hydrogens (tertiary/aromatic N) is 3. The number of methoxy groups -OCH3 is 1. The van der Waals surface area contributed by atoms with E-state index in [1.165, 1.54) is 47.8 Å². The van der Waals surface area contributed by atoms with Crippen molar-refractivity contribution in [2.24, 2.45) is 0 Å². The molecule has 0 radical (unpaired) electrons. The molecule has 1 N–H and O–H groups in total. The lowest BCUT2D eigenvalue weighted by molar-refractivity contribution is -0.117. The molecule has 3 aromatic carbocycles. The van der Waals surface area contributed by atoms with Gasteiger partial charge in [0.1, 0.15) is 18.1 Å². The van der Waals surface area contributed by atoms with Gasteiger partial charge in [0.2, 0.25) is 17.6 Å². The van der Waals surface area contributed by atoms with E-state index in [9.17, 15) is 18.8 Å². The molecule has 0 saturated carbocycles. The van der Waals surface area contributed by atoms with Gasteiger partial charge in [-0.2, -0.15) is 0 Å². The normalized spacial score (nSPS) is 10.8. The number of fused-ring (bicyclic) bond motifs is 1. The van der Waals surface area contributed by atoms with Crippen molar-refractivity contribution in [1.29, 1.82) is 0 Å². The number of ether oxygens (including phenoxy) is 1. The Labute approximate surface area is 207 Å². The molecule has 184 valence electrons. The number of para-hydroxylation sites is 2. The first-order chi connectivity index (χ1) is 17.3. The van der Waals surface area contributed by atoms with Crippen molar-refractivity contribution in [1.82, 2.24) is 9.55 Å². The molecular formula is C27H25FN4O4. The molecule has 0 bridgehead atoms. The molecule has 0 aliphatic heterocycles. The monoisotopic (exact) mass is 488 g/mol. The number of aromatic nitrogens is 2. The molecular weight excluding hydrogens is 463 g/mol. The molecule has 0 aliphatic carbocycles. The zero-order chi connectivity index (χ0) is 25.8. The summed E-state index contributed by atoms with van der Waals surface area (Å²) in [6.07, 6.45) is 0. The van der Waals surface area contributed by atoms with Crippen molar-refractivity contribution in [3.63, 3.8) is 0 Å². The number of carbonyl (C=O) groups is 2. The van der Waals surface area contributed by atoms with Crippen LogP contribution < -0.4 is 20.5 Å². The van der Waals surface area contributed by atoms with Crippen molar-refractivity contribution in [3.8, 4) is 5.75 Å². The zero-order valence-electron chi connectivity index (χ0n) is 20.1. The molecule has 0 aliphatic rings. The minimum atomic E-state index is -0.600. The van der Waals surface area contributed by atoms with Gasteiger partial charge in [-0.05, 0) is 54.4 Å². The Morgan fingerprint density at radius 2 is 1.81 bits per heavy atom. The lowest BCUT2D eigenvalue weighted by Crippen LogP contribution is -2.38. The summed E-state index contributed by atoms with van der Waals surface area (Å²) < 4.78 is 20.0. The number of anilines is 2. The summed E-state index contributed by atoms with van der Waals surface area (Å²) in [4.78, 5) is 44.8. The maximum atomic E-state index is 13.6. The molecule has 0 fully saturated rings. The van der Waals surface area contributed by atoms with Crippen molar-refractivity contribution >= 4 is 34.4 Å². The number of rotatable bonds is 7. The molecule has 4 aromatic rings. The molecule has 1 heterocycles. The van der Waals surface area contributed by atoms with Gasteiger partial charge in [-0.15, -0.1) is 0 Å². The predicted octanol–water partition coefficient (Wildman–Crippen LogP) is 4.04. The van der Waals surface area contributed by atoms with E-state index in [1.807, 2.05) is 13.0 Å². The van der Waals surface area contributed by atoms with Gasteiger partial charge in [-0.1, -0.05) is 30.3 Å². The summed E-state index contributed by atoms with van der Waals surface area (Å²) in [5.41, 5.74) is 2.32. The average molecular weight is 489 g/mol. The smallest absolute Gasteiger partial charge is 0.294 e. The van der Waals surface area contributed by atoms with E-state index in [0.29, 0.717) is 28.0 Å². The first kappa shape index (κ1) is 24.6. The minimum absolute atomic E-state index is 0.0167. The van der Waals surface area contributed by atoms with Crippen LogP contribution >= 0.6 is 0 Å². The van der Waals surface area contributed by atoms with E-state index in [4.69, 9.17) is 4.74 Å². The number of carbonyl (C=O) groups excluding carboxylic acids is 2. The van der Waals surface area contributed by atoms with Crippen LogP contribution in [-0.2, 0) is 22.7 Å². The van der Waals surface area contributed by atoms with Gasteiger partial charge in [0.05, 0.1) is 30.4 Å². The summed E-state index contributed by atoms with van der Waals surface area (Å²) in [6.45, 7) is 2.91. The van der Waals surface area contributed by atoms with E-state index in [2.05, 4.69) is 10.3 Å². The SMILES string of the molecule is COc1ccc(C)cc1NC(=O)Cn1c(=O)c(N(Cc2ccc(F)cc2)C(C)=O)nc2ccccc21. The summed E-state index contributed by atoms with van der Waals surface area (Å²) >= 11 is 0. The van der Waals surface area contributed by atoms with E-state index < -0.39 is 23.2 Å². The van der Waals surface area contributed by atoms with Gasteiger partial charge in [-0.25, -0.2) is 9.37 Å². The molecule has 4 rings (SSSR count). The summed E-state index contributed by atoms with van der Waals surface area (Å²) in [5, 5.41) is 2.80. The van der Waals surface area contributed by atoms with Gasteiger partial charge in [0.15, 0.2) is 0 Å². The highest BCUT2D eigenvalue weighted by Crippen LogP contribution is 2.25. The van der Waals surface area contributed by atoms with Crippen molar-refractivity contribution in [2.45, 2.75) is 26.9 Å². The van der Waals surface area contributed by atoms with Gasteiger partial charge >= 0.3 is 0 Å². The summed E-state index contributed by atoms with van der Waals surface area (Å²) in [7, 11) is 1.50. The van der Waals surface area contributed by atoms with Crippen LogP contribution in [0.5, 0.6) is 5.75 Å². The molecule has 0 unspecified atom stereocenters. The van der Waals surface area contributed by atoms with Gasteiger partial charge in [0, 0.05) is 6.92 Å². The Hall–Kier alpha value is -4.53. The first-order valence-corrected chi connectivity index (χ1v) is 11.2. The molecule has 0 spiro atoms. The number of hydrogen-bond acceptors (Lipinski definition) is 5. The van der Waals surface area contributed by atoms with Crippen LogP contribution in [0.2, 0.25) is 0 Å². The lowest BCUT2D eigenvalue weighted by atomic mass is 10.2. The number of amides is 2. The number of benzene rings is 3. The topological polar surface area (TPSA) is 93.5 Å². The fourth-order valence-corrected chi connectivity index (χ4v) is 3.87. The zero-order valence-corrected chi connectivity index (χ0v) is 20.1. The van der Waals surface area contributed by atoms with E-state index in [0.717, 1.165) is 5.56 Å². The largest absolute Gasteiger partial charge is 0.495 e. The third-order valence-corrected chi connectivity index (χ3v) is 5.66. The van der Waals surface area contributed by atoms with Gasteiger partial charge in [0.25, 0.3) is 5.56 Å². The fraction of sp³-hybridized carbons (Fsp3) is 0.185. The molecule has 9 heteroatoms. The average Bonchev–Trinajstić information content (AvgIpc) is 2.85. The quantitative estimate of drug-likeness (QED) is 0.424. The maximum Gasteiger partial charge on any atom is 0.294 e. The van der Waals surface area contributed by atoms with Crippen LogP contribution in [0.4, 0.5) is 15.9 Å². The molecule has 0 saturated heterocycles. The number of hydrogen-bond donors (Lipinski definition) is 1. The van der Waals surface area contributed by atoms with Crippen LogP contribution in [0.1, 0.15) is 18.1 Å². The fourth-order valence-electron chi connectivity index (χ4n) is 3.87. The highest BCUT2D eigenvalue weighted by atomic mass is 19.1. The van der Waals surface area contributed by atoms with Crippen molar-refractivity contribution < 1.29 is 18.7 Å². The van der Waals surface area contributed by atoms with Crippen LogP contribution in [0.3, 0.4) is 0 Å². The molecule has 0 atom stereocenters. The van der Waals surface area contributed by atoms with Crippen molar-refractivity contribution in [3.05, 3.63) is 94.0 Å². The second-order valence-corrected chi connectivity index (χ2v) is 8.30. The summed E-state index contributed by atoms with van der Waals surface area (Å²) in [6, 6.07) is 17.9.